The molecule has 0 fully saturated rings. The van der Waals surface area contributed by atoms with E-state index < -0.39 is 0 Å². The third-order valence-corrected chi connectivity index (χ3v) is 4.61. The summed E-state index contributed by atoms with van der Waals surface area (Å²) in [4.78, 5) is 39.4. The molecule has 8 nitrogen and oxygen atoms in total. The summed E-state index contributed by atoms with van der Waals surface area (Å²) in [6.45, 7) is 3.86. The van der Waals surface area contributed by atoms with Crippen LogP contribution in [0, 0.1) is 0 Å². The minimum absolute atomic E-state index is 0.176. The minimum Gasteiger partial charge on any atom is -0.462 e. The topological polar surface area (TPSA) is 110 Å². The van der Waals surface area contributed by atoms with Crippen LogP contribution in [0.5, 0.6) is 0 Å². The van der Waals surface area contributed by atoms with Gasteiger partial charge in [-0.25, -0.2) is 19.7 Å². The van der Waals surface area contributed by atoms with E-state index in [1.165, 1.54) is 18.1 Å². The number of imidazole rings is 1. The quantitative estimate of drug-likeness (QED) is 0.389. The van der Waals surface area contributed by atoms with Crippen molar-refractivity contribution in [2.45, 2.75) is 24.1 Å². The molecule has 2 heterocycles. The predicted octanol–water partition coefficient (Wildman–Crippen LogP) is 2.65. The Balaban J connectivity index is 1.64. The van der Waals surface area contributed by atoms with Crippen LogP contribution in [-0.2, 0) is 9.53 Å². The Bertz CT molecular complexity index is 926. The maximum atomic E-state index is 12.4. The maximum absolute atomic E-state index is 12.4. The third kappa shape index (κ3) is 3.99. The van der Waals surface area contributed by atoms with E-state index >= 15 is 0 Å². The number of ether oxygens (including phenoxy) is 1. The lowest BCUT2D eigenvalue weighted by molar-refractivity contribution is -0.115. The van der Waals surface area contributed by atoms with E-state index in [1.807, 2.05) is 0 Å². The van der Waals surface area contributed by atoms with Gasteiger partial charge in [-0.2, -0.15) is 0 Å². The normalized spacial score (nSPS) is 11.9. The molecule has 0 aliphatic rings. The van der Waals surface area contributed by atoms with E-state index in [0.29, 0.717) is 34.0 Å². The molecular weight excluding hydrogens is 354 g/mol. The molecule has 0 saturated heterocycles. The summed E-state index contributed by atoms with van der Waals surface area (Å²) >= 11 is 1.31. The first-order valence-corrected chi connectivity index (χ1v) is 8.85. The molecule has 0 aliphatic carbocycles. The van der Waals surface area contributed by atoms with E-state index in [4.69, 9.17) is 4.74 Å². The zero-order valence-electron chi connectivity index (χ0n) is 14.2. The first-order chi connectivity index (χ1) is 12.6. The summed E-state index contributed by atoms with van der Waals surface area (Å²) in [7, 11) is 0. The zero-order valence-corrected chi connectivity index (χ0v) is 15.0. The number of hydrogen-bond acceptors (Lipinski definition) is 7. The number of esters is 1. The Hall–Kier alpha value is -2.94. The molecule has 9 heteroatoms. The minimum atomic E-state index is -0.388. The maximum Gasteiger partial charge on any atom is 0.338 e. The highest BCUT2D eigenvalue weighted by molar-refractivity contribution is 8.00. The molecule has 0 saturated carbocycles. The molecular formula is C17H17N5O3S. The molecule has 0 spiro atoms. The molecule has 2 aromatic heterocycles. The van der Waals surface area contributed by atoms with Crippen molar-refractivity contribution in [1.82, 2.24) is 19.9 Å². The predicted molar refractivity (Wildman–Crippen MR) is 98.0 cm³/mol. The fourth-order valence-electron chi connectivity index (χ4n) is 2.20. The summed E-state index contributed by atoms with van der Waals surface area (Å²) in [5.74, 6) is -0.563. The highest BCUT2D eigenvalue weighted by atomic mass is 32.2. The fraction of sp³-hybridized carbons (Fsp3) is 0.235. The third-order valence-electron chi connectivity index (χ3n) is 3.51. The highest BCUT2D eigenvalue weighted by Crippen LogP contribution is 2.26. The number of amides is 1. The van der Waals surface area contributed by atoms with Crippen LogP contribution >= 0.6 is 11.8 Å². The standard InChI is InChI=1S/C17H17N5O3S/c1-3-25-17(24)11-4-6-12(7-5-11)22-15(23)10(2)26-16-13-14(19-8-18-13)20-9-21-16/h4-10H,3H2,1-2H3,(H,22,23)(H,18,19,20,21)/t10-/m1/s1. The van der Waals surface area contributed by atoms with Crippen molar-refractivity contribution in [3.63, 3.8) is 0 Å². The van der Waals surface area contributed by atoms with E-state index in [1.54, 1.807) is 44.4 Å². The largest absolute Gasteiger partial charge is 0.462 e. The van der Waals surface area contributed by atoms with Crippen molar-refractivity contribution in [2.75, 3.05) is 11.9 Å². The van der Waals surface area contributed by atoms with Gasteiger partial charge in [-0.3, -0.25) is 4.79 Å². The average molecular weight is 371 g/mol. The number of nitrogens with zero attached hydrogens (tertiary/aromatic N) is 3. The lowest BCUT2D eigenvalue weighted by Gasteiger charge is -2.12. The number of aromatic amines is 1. The van der Waals surface area contributed by atoms with Crippen LogP contribution in [0.1, 0.15) is 24.2 Å². The van der Waals surface area contributed by atoms with E-state index in [9.17, 15) is 9.59 Å². The fourth-order valence-corrected chi connectivity index (χ4v) is 3.08. The zero-order chi connectivity index (χ0) is 18.5. The number of carbonyl (C=O) groups excluding carboxylic acids is 2. The first kappa shape index (κ1) is 17.9. The SMILES string of the molecule is CCOC(=O)c1ccc(NC(=O)[C@@H](C)Sc2ncnc3nc[nH]c23)cc1. The monoisotopic (exact) mass is 371 g/mol. The van der Waals surface area contributed by atoms with Crippen LogP contribution in [0.15, 0.2) is 41.9 Å². The number of carbonyl (C=O) groups is 2. The Labute approximate surface area is 153 Å². The average Bonchev–Trinajstić information content (AvgIpc) is 3.12. The van der Waals surface area contributed by atoms with Gasteiger partial charge in [-0.1, -0.05) is 11.8 Å². The van der Waals surface area contributed by atoms with Gasteiger partial charge in [-0.05, 0) is 38.1 Å². The molecule has 3 aromatic rings. The van der Waals surface area contributed by atoms with Crippen LogP contribution in [0.4, 0.5) is 5.69 Å². The van der Waals surface area contributed by atoms with Crippen molar-refractivity contribution < 1.29 is 14.3 Å². The highest BCUT2D eigenvalue weighted by Gasteiger charge is 2.18. The van der Waals surface area contributed by atoms with Crippen molar-refractivity contribution in [2.24, 2.45) is 0 Å². The van der Waals surface area contributed by atoms with Gasteiger partial charge in [-0.15, -0.1) is 0 Å². The van der Waals surface area contributed by atoms with E-state index in [-0.39, 0.29) is 17.1 Å². The van der Waals surface area contributed by atoms with Crippen molar-refractivity contribution in [3.05, 3.63) is 42.5 Å². The van der Waals surface area contributed by atoms with E-state index in [2.05, 4.69) is 25.3 Å². The summed E-state index contributed by atoms with van der Waals surface area (Å²) in [5.41, 5.74) is 2.31. The molecule has 1 aromatic carbocycles. The van der Waals surface area contributed by atoms with Crippen LogP contribution in [-0.4, -0.2) is 43.7 Å². The second-order valence-electron chi connectivity index (χ2n) is 5.33. The molecule has 1 atom stereocenters. The molecule has 26 heavy (non-hydrogen) atoms. The second kappa shape index (κ2) is 7.96. The van der Waals surface area contributed by atoms with Crippen molar-refractivity contribution >= 4 is 40.5 Å². The Kier molecular flexibility index (Phi) is 5.47. The van der Waals surface area contributed by atoms with Crippen LogP contribution < -0.4 is 5.32 Å². The van der Waals surface area contributed by atoms with Gasteiger partial charge in [0.2, 0.25) is 5.91 Å². The molecule has 1 amide bonds. The Morgan fingerprint density at radius 3 is 2.73 bits per heavy atom. The molecule has 0 radical (unpaired) electrons. The molecule has 0 bridgehead atoms. The lowest BCUT2D eigenvalue weighted by Crippen LogP contribution is -2.22. The summed E-state index contributed by atoms with van der Waals surface area (Å²) < 4.78 is 4.93. The van der Waals surface area contributed by atoms with Crippen molar-refractivity contribution in [3.8, 4) is 0 Å². The number of fused-ring (bicyclic) bond motifs is 1. The molecule has 2 N–H and O–H groups in total. The van der Waals surface area contributed by atoms with Gasteiger partial charge in [0.1, 0.15) is 16.9 Å². The number of thioether (sulfide) groups is 1. The van der Waals surface area contributed by atoms with Crippen LogP contribution in [0.3, 0.4) is 0 Å². The van der Waals surface area contributed by atoms with Crippen molar-refractivity contribution in [1.29, 1.82) is 0 Å². The number of hydrogen-bond donors (Lipinski definition) is 2. The number of anilines is 1. The van der Waals surface area contributed by atoms with Crippen LogP contribution in [0.25, 0.3) is 11.2 Å². The van der Waals surface area contributed by atoms with Gasteiger partial charge in [0.05, 0.1) is 23.7 Å². The second-order valence-corrected chi connectivity index (χ2v) is 6.66. The number of H-pyrrole nitrogens is 1. The lowest BCUT2D eigenvalue weighted by atomic mass is 10.2. The van der Waals surface area contributed by atoms with E-state index in [0.717, 1.165) is 0 Å². The number of aromatic nitrogens is 4. The number of rotatable bonds is 6. The van der Waals surface area contributed by atoms with Gasteiger partial charge in [0.15, 0.2) is 5.65 Å². The summed E-state index contributed by atoms with van der Waals surface area (Å²) in [6.07, 6.45) is 2.96. The van der Waals surface area contributed by atoms with Crippen LogP contribution in [0.2, 0.25) is 0 Å². The molecule has 0 aliphatic heterocycles. The number of benzene rings is 1. The molecule has 0 unspecified atom stereocenters. The first-order valence-electron chi connectivity index (χ1n) is 7.97. The van der Waals surface area contributed by atoms with Gasteiger partial charge in [0, 0.05) is 5.69 Å². The smallest absolute Gasteiger partial charge is 0.338 e. The molecule has 3 rings (SSSR count). The molecule has 134 valence electrons. The number of nitrogens with one attached hydrogen (secondary N) is 2. The summed E-state index contributed by atoms with van der Waals surface area (Å²) in [5, 5.41) is 3.09. The van der Waals surface area contributed by atoms with Gasteiger partial charge >= 0.3 is 5.97 Å². The summed E-state index contributed by atoms with van der Waals surface area (Å²) in [6, 6.07) is 6.56. The van der Waals surface area contributed by atoms with Gasteiger partial charge in [0.25, 0.3) is 0 Å². The Morgan fingerprint density at radius 1 is 1.23 bits per heavy atom. The Morgan fingerprint density at radius 2 is 2.00 bits per heavy atom. The van der Waals surface area contributed by atoms with Gasteiger partial charge < -0.3 is 15.0 Å².